The number of hydrogen-bond donors (Lipinski definition) is 1. The van der Waals surface area contributed by atoms with Crippen molar-refractivity contribution in [3.63, 3.8) is 0 Å². The van der Waals surface area contributed by atoms with Crippen LogP contribution in [0.3, 0.4) is 0 Å². The molecular weight excluding hydrogens is 194 g/mol. The van der Waals surface area contributed by atoms with Gasteiger partial charge in [0.15, 0.2) is 0 Å². The van der Waals surface area contributed by atoms with E-state index < -0.39 is 0 Å². The predicted octanol–water partition coefficient (Wildman–Crippen LogP) is 3.10. The number of benzene rings is 2. The second kappa shape index (κ2) is 3.46. The van der Waals surface area contributed by atoms with Gasteiger partial charge in [0.1, 0.15) is 0 Å². The lowest BCUT2D eigenvalue weighted by atomic mass is 10.0. The quantitative estimate of drug-likeness (QED) is 0.806. The molecule has 0 bridgehead atoms. The van der Waals surface area contributed by atoms with Gasteiger partial charge in [-0.2, -0.15) is 0 Å². The minimum Gasteiger partial charge on any atom is -0.321 e. The Hall–Kier alpha value is -1.60. The molecule has 3 rings (SSSR count). The van der Waals surface area contributed by atoms with Crippen LogP contribution in [0.1, 0.15) is 18.4 Å². The smallest absolute Gasteiger partial charge is 0.0411 e. The zero-order valence-corrected chi connectivity index (χ0v) is 9.11. The lowest BCUT2D eigenvalue weighted by Crippen LogP contribution is -2.18. The van der Waals surface area contributed by atoms with E-state index in [4.69, 9.17) is 5.73 Å². The zero-order valence-electron chi connectivity index (χ0n) is 9.11. The highest BCUT2D eigenvalue weighted by molar-refractivity contribution is 5.63. The third kappa shape index (κ3) is 1.63. The van der Waals surface area contributed by atoms with E-state index in [9.17, 15) is 0 Å². The fourth-order valence-corrected chi connectivity index (χ4v) is 1.99. The summed E-state index contributed by atoms with van der Waals surface area (Å²) in [5, 5.41) is 0. The standard InChI is InChI=1S/C15H14N/c16-15(10-11-15)14-8-6-13(7-9-14)12-4-2-1-3-5-12/h1-2,4-9H,10-11,16H2. The Bertz CT molecular complexity index is 481. The van der Waals surface area contributed by atoms with Crippen LogP contribution < -0.4 is 5.73 Å². The van der Waals surface area contributed by atoms with Crippen molar-refractivity contribution in [2.45, 2.75) is 18.4 Å². The van der Waals surface area contributed by atoms with Gasteiger partial charge in [0.2, 0.25) is 0 Å². The fourth-order valence-electron chi connectivity index (χ4n) is 1.99. The maximum absolute atomic E-state index is 6.15. The molecule has 0 spiro atoms. The molecule has 2 aromatic carbocycles. The molecule has 0 unspecified atom stereocenters. The summed E-state index contributed by atoms with van der Waals surface area (Å²) >= 11 is 0. The van der Waals surface area contributed by atoms with E-state index >= 15 is 0 Å². The SMILES string of the molecule is NC1(c2ccc(-c3c[c]ccc3)cc2)CC1. The molecule has 1 aliphatic rings. The summed E-state index contributed by atoms with van der Waals surface area (Å²) in [5.41, 5.74) is 9.82. The topological polar surface area (TPSA) is 26.0 Å². The molecule has 0 atom stereocenters. The van der Waals surface area contributed by atoms with Gasteiger partial charge in [-0.1, -0.05) is 42.5 Å². The first-order valence-electron chi connectivity index (χ1n) is 5.64. The van der Waals surface area contributed by atoms with Gasteiger partial charge < -0.3 is 5.73 Å². The van der Waals surface area contributed by atoms with E-state index in [1.165, 1.54) is 16.7 Å². The van der Waals surface area contributed by atoms with Gasteiger partial charge in [-0.05, 0) is 41.7 Å². The molecule has 79 valence electrons. The van der Waals surface area contributed by atoms with E-state index in [0.717, 1.165) is 12.8 Å². The Morgan fingerprint density at radius 2 is 1.75 bits per heavy atom. The first-order chi connectivity index (χ1) is 7.78. The van der Waals surface area contributed by atoms with Gasteiger partial charge in [-0.15, -0.1) is 0 Å². The number of rotatable bonds is 2. The molecule has 0 saturated heterocycles. The Balaban J connectivity index is 1.94. The van der Waals surface area contributed by atoms with E-state index in [-0.39, 0.29) is 5.54 Å². The lowest BCUT2D eigenvalue weighted by Gasteiger charge is -2.09. The highest BCUT2D eigenvalue weighted by Crippen LogP contribution is 2.42. The maximum atomic E-state index is 6.15. The molecule has 1 heteroatoms. The number of hydrogen-bond acceptors (Lipinski definition) is 1. The minimum atomic E-state index is -0.0264. The third-order valence-electron chi connectivity index (χ3n) is 3.29. The van der Waals surface area contributed by atoms with Crippen LogP contribution in [0.4, 0.5) is 0 Å². The lowest BCUT2D eigenvalue weighted by molar-refractivity contribution is 0.740. The van der Waals surface area contributed by atoms with Crippen LogP contribution in [0, 0.1) is 6.07 Å². The molecule has 16 heavy (non-hydrogen) atoms. The minimum absolute atomic E-state index is 0.0264. The largest absolute Gasteiger partial charge is 0.321 e. The van der Waals surface area contributed by atoms with E-state index in [2.05, 4.69) is 36.4 Å². The number of nitrogens with two attached hydrogens (primary N) is 1. The van der Waals surface area contributed by atoms with Gasteiger partial charge in [-0.25, -0.2) is 0 Å². The van der Waals surface area contributed by atoms with Gasteiger partial charge in [0.05, 0.1) is 0 Å². The first-order valence-corrected chi connectivity index (χ1v) is 5.64. The Morgan fingerprint density at radius 3 is 2.31 bits per heavy atom. The molecule has 1 nitrogen and oxygen atoms in total. The van der Waals surface area contributed by atoms with Crippen LogP contribution in [0.2, 0.25) is 0 Å². The highest BCUT2D eigenvalue weighted by atomic mass is 14.8. The Kier molecular flexibility index (Phi) is 2.08. The molecule has 0 aromatic heterocycles. The van der Waals surface area contributed by atoms with Crippen LogP contribution in [0.25, 0.3) is 11.1 Å². The van der Waals surface area contributed by atoms with Crippen molar-refractivity contribution in [3.8, 4) is 11.1 Å². The van der Waals surface area contributed by atoms with E-state index in [0.29, 0.717) is 0 Å². The molecule has 1 aliphatic carbocycles. The normalized spacial score (nSPS) is 17.1. The molecule has 1 radical (unpaired) electrons. The maximum Gasteiger partial charge on any atom is 0.0411 e. The summed E-state index contributed by atoms with van der Waals surface area (Å²) in [6.45, 7) is 0. The van der Waals surface area contributed by atoms with Gasteiger partial charge in [0.25, 0.3) is 0 Å². The first kappa shape index (κ1) is 9.61. The summed E-state index contributed by atoms with van der Waals surface area (Å²) in [7, 11) is 0. The summed E-state index contributed by atoms with van der Waals surface area (Å²) in [5.74, 6) is 0. The molecule has 1 saturated carbocycles. The van der Waals surface area contributed by atoms with Crippen molar-refractivity contribution in [2.24, 2.45) is 5.73 Å². The molecule has 2 N–H and O–H groups in total. The van der Waals surface area contributed by atoms with Gasteiger partial charge in [-0.3, -0.25) is 0 Å². The van der Waals surface area contributed by atoms with Crippen LogP contribution in [-0.4, -0.2) is 0 Å². The second-order valence-electron chi connectivity index (χ2n) is 4.53. The monoisotopic (exact) mass is 208 g/mol. The molecule has 0 heterocycles. The van der Waals surface area contributed by atoms with Gasteiger partial charge >= 0.3 is 0 Å². The summed E-state index contributed by atoms with van der Waals surface area (Å²) < 4.78 is 0. The van der Waals surface area contributed by atoms with Crippen LogP contribution in [0.15, 0.2) is 48.5 Å². The molecule has 0 amide bonds. The van der Waals surface area contributed by atoms with Crippen molar-refractivity contribution in [3.05, 3.63) is 60.2 Å². The van der Waals surface area contributed by atoms with Crippen molar-refractivity contribution in [2.75, 3.05) is 0 Å². The second-order valence-corrected chi connectivity index (χ2v) is 4.53. The van der Waals surface area contributed by atoms with Gasteiger partial charge in [0, 0.05) is 5.54 Å². The molecular formula is C15H14N. The van der Waals surface area contributed by atoms with Crippen LogP contribution in [0.5, 0.6) is 0 Å². The predicted molar refractivity (Wildman–Crippen MR) is 65.8 cm³/mol. The van der Waals surface area contributed by atoms with Crippen LogP contribution >= 0.6 is 0 Å². The summed E-state index contributed by atoms with van der Waals surface area (Å²) in [6, 6.07) is 19.7. The average molecular weight is 208 g/mol. The molecule has 2 aromatic rings. The van der Waals surface area contributed by atoms with E-state index in [1.807, 2.05) is 18.2 Å². The average Bonchev–Trinajstić information content (AvgIpc) is 3.10. The highest BCUT2D eigenvalue weighted by Gasteiger charge is 2.39. The molecule has 1 fully saturated rings. The molecule has 0 aliphatic heterocycles. The van der Waals surface area contributed by atoms with Crippen molar-refractivity contribution >= 4 is 0 Å². The van der Waals surface area contributed by atoms with Crippen molar-refractivity contribution < 1.29 is 0 Å². The van der Waals surface area contributed by atoms with E-state index in [1.54, 1.807) is 0 Å². The summed E-state index contributed by atoms with van der Waals surface area (Å²) in [6.07, 6.45) is 2.23. The Morgan fingerprint density at radius 1 is 1.00 bits per heavy atom. The van der Waals surface area contributed by atoms with Crippen LogP contribution in [-0.2, 0) is 5.54 Å². The van der Waals surface area contributed by atoms with Crippen molar-refractivity contribution in [1.29, 1.82) is 0 Å². The zero-order chi connectivity index (χ0) is 11.0. The van der Waals surface area contributed by atoms with Crippen molar-refractivity contribution in [1.82, 2.24) is 0 Å². The fraction of sp³-hybridized carbons (Fsp3) is 0.200. The third-order valence-corrected chi connectivity index (χ3v) is 3.29. The Labute approximate surface area is 95.9 Å². The summed E-state index contributed by atoms with van der Waals surface area (Å²) in [4.78, 5) is 0.